The predicted molar refractivity (Wildman–Crippen MR) is 184 cm³/mol. The van der Waals surface area contributed by atoms with Gasteiger partial charge in [0.25, 0.3) is 5.91 Å². The van der Waals surface area contributed by atoms with Crippen LogP contribution in [0.2, 0.25) is 10.0 Å². The summed E-state index contributed by atoms with van der Waals surface area (Å²) in [6.07, 6.45) is 0.759. The van der Waals surface area contributed by atoms with Gasteiger partial charge in [0, 0.05) is 28.1 Å². The van der Waals surface area contributed by atoms with Gasteiger partial charge in [-0.1, -0.05) is 59.1 Å². The van der Waals surface area contributed by atoms with E-state index in [0.717, 1.165) is 22.1 Å². The van der Waals surface area contributed by atoms with Crippen molar-refractivity contribution in [2.24, 2.45) is 5.10 Å². The minimum Gasteiger partial charge on any atom is -0.497 e. The quantitative estimate of drug-likeness (QED) is 0.0845. The van der Waals surface area contributed by atoms with E-state index in [1.54, 1.807) is 50.4 Å². The van der Waals surface area contributed by atoms with Gasteiger partial charge in [-0.2, -0.15) is 5.10 Å². The third-order valence-electron chi connectivity index (χ3n) is 7.16. The van der Waals surface area contributed by atoms with E-state index < -0.39 is 0 Å². The van der Waals surface area contributed by atoms with Crippen LogP contribution in [-0.2, 0) is 4.79 Å². The Kier molecular flexibility index (Phi) is 10.5. The molecule has 234 valence electrons. The maximum Gasteiger partial charge on any atom is 0.272 e. The molecule has 1 heterocycles. The van der Waals surface area contributed by atoms with Crippen LogP contribution in [0.3, 0.4) is 0 Å². The molecule has 0 fully saturated rings. The van der Waals surface area contributed by atoms with Gasteiger partial charge >= 0.3 is 0 Å². The lowest BCUT2D eigenvalue weighted by atomic mass is 10.0. The Morgan fingerprint density at radius 2 is 1.76 bits per heavy atom. The molecule has 46 heavy (non-hydrogen) atoms. The van der Waals surface area contributed by atoms with Crippen LogP contribution in [0.5, 0.6) is 11.5 Å². The number of nitrogens with one attached hydrogen (secondary N) is 2. The minimum atomic E-state index is -0.368. The van der Waals surface area contributed by atoms with Crippen molar-refractivity contribution in [1.29, 1.82) is 0 Å². The van der Waals surface area contributed by atoms with Gasteiger partial charge < -0.3 is 14.8 Å². The highest BCUT2D eigenvalue weighted by molar-refractivity contribution is 6.35. The van der Waals surface area contributed by atoms with Crippen LogP contribution in [-0.4, -0.2) is 36.2 Å². The SMILES string of the molecule is COc1cccc(-c2cc(C(=O)N/N=C(\C)c3cccc(NC(=O)CCCOc4ccc(Cl)cc4Cl)c3)c3cc(C)ccc3n2)c1. The number of hydrogen-bond acceptors (Lipinski definition) is 6. The van der Waals surface area contributed by atoms with Crippen LogP contribution >= 0.6 is 23.2 Å². The number of fused-ring (bicyclic) bond motifs is 1. The smallest absolute Gasteiger partial charge is 0.272 e. The van der Waals surface area contributed by atoms with E-state index in [9.17, 15) is 9.59 Å². The summed E-state index contributed by atoms with van der Waals surface area (Å²) < 4.78 is 11.0. The number of ether oxygens (including phenoxy) is 2. The normalized spacial score (nSPS) is 11.3. The van der Waals surface area contributed by atoms with Crippen LogP contribution in [0.25, 0.3) is 22.2 Å². The first-order valence-electron chi connectivity index (χ1n) is 14.6. The number of nitrogens with zero attached hydrogens (tertiary/aromatic N) is 2. The van der Waals surface area contributed by atoms with Crippen molar-refractivity contribution in [3.05, 3.63) is 118 Å². The maximum atomic E-state index is 13.5. The molecule has 0 unspecified atom stereocenters. The Bertz CT molecular complexity index is 1940. The van der Waals surface area contributed by atoms with Gasteiger partial charge in [-0.3, -0.25) is 9.59 Å². The molecular weight excluding hydrogens is 623 g/mol. The lowest BCUT2D eigenvalue weighted by Crippen LogP contribution is -2.20. The standard InChI is InChI=1S/C36H32Cl2N4O4/c1-22-12-14-32-29(17-22)30(21-33(40-32)25-8-5-10-28(19-25)45-3)36(44)42-41-23(2)24-7-4-9-27(18-24)39-35(43)11-6-16-46-34-15-13-26(37)20-31(34)38/h4-5,7-10,12-15,17-21H,6,11,16H2,1-3H3,(H,39,43)(H,42,44)/b41-23+. The van der Waals surface area contributed by atoms with Crippen molar-refractivity contribution in [2.45, 2.75) is 26.7 Å². The maximum absolute atomic E-state index is 13.5. The lowest BCUT2D eigenvalue weighted by Gasteiger charge is -2.11. The number of aryl methyl sites for hydroxylation is 1. The second-order valence-electron chi connectivity index (χ2n) is 10.6. The van der Waals surface area contributed by atoms with E-state index in [4.69, 9.17) is 37.7 Å². The van der Waals surface area contributed by atoms with Crippen molar-refractivity contribution in [1.82, 2.24) is 10.4 Å². The van der Waals surface area contributed by atoms with Crippen LogP contribution < -0.4 is 20.2 Å². The number of benzene rings is 4. The summed E-state index contributed by atoms with van der Waals surface area (Å²) in [6, 6.07) is 27.4. The number of carbonyl (C=O) groups is 2. The molecule has 8 nitrogen and oxygen atoms in total. The fourth-order valence-electron chi connectivity index (χ4n) is 4.77. The summed E-state index contributed by atoms with van der Waals surface area (Å²) in [6.45, 7) is 4.08. The molecule has 0 saturated heterocycles. The molecule has 0 aliphatic heterocycles. The van der Waals surface area contributed by atoms with Gasteiger partial charge in [0.05, 0.1) is 41.2 Å². The fourth-order valence-corrected chi connectivity index (χ4v) is 5.23. The summed E-state index contributed by atoms with van der Waals surface area (Å²) in [7, 11) is 1.61. The number of pyridine rings is 1. The Hall–Kier alpha value is -4.92. The summed E-state index contributed by atoms with van der Waals surface area (Å²) in [5.41, 5.74) is 8.25. The van der Waals surface area contributed by atoms with E-state index >= 15 is 0 Å². The van der Waals surface area contributed by atoms with Gasteiger partial charge in [0.1, 0.15) is 11.5 Å². The van der Waals surface area contributed by atoms with Crippen LogP contribution in [0.1, 0.15) is 41.3 Å². The summed E-state index contributed by atoms with van der Waals surface area (Å²) in [5, 5.41) is 8.96. The first-order valence-corrected chi connectivity index (χ1v) is 15.3. The van der Waals surface area contributed by atoms with E-state index in [1.165, 1.54) is 0 Å². The molecule has 10 heteroatoms. The molecule has 0 aliphatic rings. The topological polar surface area (TPSA) is 102 Å². The van der Waals surface area contributed by atoms with Gasteiger partial charge in [-0.25, -0.2) is 10.4 Å². The molecule has 5 aromatic rings. The zero-order valence-corrected chi connectivity index (χ0v) is 27.1. The number of aromatic nitrogens is 1. The van der Waals surface area contributed by atoms with E-state index in [2.05, 4.69) is 15.8 Å². The molecular formula is C36H32Cl2N4O4. The molecule has 0 aliphatic carbocycles. The van der Waals surface area contributed by atoms with Crippen molar-refractivity contribution >= 4 is 57.3 Å². The summed E-state index contributed by atoms with van der Waals surface area (Å²) >= 11 is 12.0. The van der Waals surface area contributed by atoms with Crippen LogP contribution in [0, 0.1) is 6.92 Å². The molecule has 0 saturated carbocycles. The molecule has 0 bridgehead atoms. The number of rotatable bonds is 11. The molecule has 2 amide bonds. The zero-order chi connectivity index (χ0) is 32.6. The monoisotopic (exact) mass is 654 g/mol. The lowest BCUT2D eigenvalue weighted by molar-refractivity contribution is -0.116. The third-order valence-corrected chi connectivity index (χ3v) is 7.69. The average molecular weight is 656 g/mol. The molecule has 0 spiro atoms. The number of hydrogen-bond donors (Lipinski definition) is 2. The average Bonchev–Trinajstić information content (AvgIpc) is 3.05. The van der Waals surface area contributed by atoms with Gasteiger partial charge in [-0.15, -0.1) is 0 Å². The zero-order valence-electron chi connectivity index (χ0n) is 25.6. The Morgan fingerprint density at radius 1 is 0.935 bits per heavy atom. The molecule has 1 aromatic heterocycles. The van der Waals surface area contributed by atoms with Gasteiger partial charge in [0.2, 0.25) is 5.91 Å². The second kappa shape index (κ2) is 14.9. The summed E-state index contributed by atoms with van der Waals surface area (Å²) in [4.78, 5) is 30.9. The highest BCUT2D eigenvalue weighted by Gasteiger charge is 2.15. The number of anilines is 1. The molecule has 4 aromatic carbocycles. The van der Waals surface area contributed by atoms with Crippen LogP contribution in [0.15, 0.2) is 96.1 Å². The van der Waals surface area contributed by atoms with Crippen molar-refractivity contribution < 1.29 is 19.1 Å². The molecule has 2 N–H and O–H groups in total. The number of methoxy groups -OCH3 is 1. The first kappa shape index (κ1) is 32.5. The van der Waals surface area contributed by atoms with Gasteiger partial charge in [0.15, 0.2) is 0 Å². The van der Waals surface area contributed by atoms with Gasteiger partial charge in [-0.05, 0) is 86.5 Å². The van der Waals surface area contributed by atoms with E-state index in [-0.39, 0.29) is 18.2 Å². The Balaban J connectivity index is 1.25. The molecule has 0 radical (unpaired) electrons. The molecule has 5 rings (SSSR count). The highest BCUT2D eigenvalue weighted by Crippen LogP contribution is 2.29. The Morgan fingerprint density at radius 3 is 2.57 bits per heavy atom. The first-order chi connectivity index (χ1) is 22.2. The van der Waals surface area contributed by atoms with Crippen molar-refractivity contribution in [2.75, 3.05) is 19.0 Å². The van der Waals surface area contributed by atoms with Crippen molar-refractivity contribution in [3.63, 3.8) is 0 Å². The third kappa shape index (κ3) is 8.21. The second-order valence-corrected chi connectivity index (χ2v) is 11.4. The van der Waals surface area contributed by atoms with Crippen LogP contribution in [0.4, 0.5) is 5.69 Å². The number of halogens is 2. The Labute approximate surface area is 277 Å². The summed E-state index contributed by atoms with van der Waals surface area (Å²) in [5.74, 6) is 0.692. The molecule has 0 atom stereocenters. The highest BCUT2D eigenvalue weighted by atomic mass is 35.5. The fraction of sp³-hybridized carbons (Fsp3) is 0.167. The number of amides is 2. The minimum absolute atomic E-state index is 0.155. The largest absolute Gasteiger partial charge is 0.497 e. The number of carbonyl (C=O) groups excluding carboxylic acids is 2. The van der Waals surface area contributed by atoms with Crippen molar-refractivity contribution in [3.8, 4) is 22.8 Å². The number of hydrazone groups is 1. The van der Waals surface area contributed by atoms with E-state index in [1.807, 2.05) is 61.5 Å². The predicted octanol–water partition coefficient (Wildman–Crippen LogP) is 8.48. The van der Waals surface area contributed by atoms with E-state index in [0.29, 0.717) is 62.7 Å².